The van der Waals surface area contributed by atoms with E-state index in [9.17, 15) is 0 Å². The Labute approximate surface area is 114 Å². The highest BCUT2D eigenvalue weighted by Gasteiger charge is 2.16. The van der Waals surface area contributed by atoms with Gasteiger partial charge in [0.15, 0.2) is 0 Å². The van der Waals surface area contributed by atoms with Gasteiger partial charge in [-0.3, -0.25) is 0 Å². The van der Waals surface area contributed by atoms with E-state index in [-0.39, 0.29) is 0 Å². The number of rotatable bonds is 2. The maximum absolute atomic E-state index is 5.72. The third-order valence-corrected chi connectivity index (χ3v) is 3.65. The standard InChI is InChI=1S/C18H18O/c1-14(13-15-7-3-2-4-8-15)16-11-12-19-18-10-6-5-9-17(16)18/h2-10H,11-13H2,1H3/b16-14-. The van der Waals surface area contributed by atoms with Crippen molar-refractivity contribution in [3.05, 3.63) is 71.3 Å². The first-order chi connectivity index (χ1) is 9.34. The fraction of sp³-hybridized carbons (Fsp3) is 0.222. The summed E-state index contributed by atoms with van der Waals surface area (Å²) in [4.78, 5) is 0. The van der Waals surface area contributed by atoms with Crippen LogP contribution in [0.3, 0.4) is 0 Å². The van der Waals surface area contributed by atoms with Crippen molar-refractivity contribution in [1.82, 2.24) is 0 Å². The second-order valence-corrected chi connectivity index (χ2v) is 5.02. The summed E-state index contributed by atoms with van der Waals surface area (Å²) in [5, 5.41) is 0. The van der Waals surface area contributed by atoms with E-state index in [2.05, 4.69) is 55.5 Å². The minimum absolute atomic E-state index is 0.790. The van der Waals surface area contributed by atoms with Gasteiger partial charge in [0.2, 0.25) is 0 Å². The van der Waals surface area contributed by atoms with E-state index in [4.69, 9.17) is 4.74 Å². The van der Waals surface area contributed by atoms with Gasteiger partial charge in [-0.1, -0.05) is 54.1 Å². The molecule has 19 heavy (non-hydrogen) atoms. The van der Waals surface area contributed by atoms with Crippen molar-refractivity contribution in [2.24, 2.45) is 0 Å². The molecule has 0 unspecified atom stereocenters. The molecule has 0 aromatic heterocycles. The first-order valence-corrected chi connectivity index (χ1v) is 6.79. The van der Waals surface area contributed by atoms with Crippen molar-refractivity contribution >= 4 is 5.57 Å². The Kier molecular flexibility index (Phi) is 3.37. The Morgan fingerprint density at radius 2 is 1.74 bits per heavy atom. The predicted octanol–water partition coefficient (Wildman–Crippen LogP) is 4.49. The largest absolute Gasteiger partial charge is 0.493 e. The van der Waals surface area contributed by atoms with Gasteiger partial charge >= 0.3 is 0 Å². The molecule has 1 heteroatoms. The highest BCUT2D eigenvalue weighted by atomic mass is 16.5. The number of ether oxygens (including phenoxy) is 1. The van der Waals surface area contributed by atoms with E-state index in [1.165, 1.54) is 22.3 Å². The first-order valence-electron chi connectivity index (χ1n) is 6.79. The predicted molar refractivity (Wildman–Crippen MR) is 79.3 cm³/mol. The molecule has 1 nitrogen and oxygen atoms in total. The lowest BCUT2D eigenvalue weighted by molar-refractivity contribution is 0.316. The molecule has 0 saturated carbocycles. The number of allylic oxidation sites excluding steroid dienone is 1. The molecule has 2 aromatic carbocycles. The second kappa shape index (κ2) is 5.31. The molecular formula is C18H18O. The molecule has 0 atom stereocenters. The number of hydrogen-bond acceptors (Lipinski definition) is 1. The Morgan fingerprint density at radius 3 is 2.58 bits per heavy atom. The van der Waals surface area contributed by atoms with Gasteiger partial charge in [0.1, 0.15) is 5.75 Å². The van der Waals surface area contributed by atoms with Crippen molar-refractivity contribution in [2.45, 2.75) is 19.8 Å². The molecule has 2 aromatic rings. The topological polar surface area (TPSA) is 9.23 Å². The zero-order valence-electron chi connectivity index (χ0n) is 11.2. The highest BCUT2D eigenvalue weighted by Crippen LogP contribution is 2.35. The van der Waals surface area contributed by atoms with Crippen LogP contribution in [0, 0.1) is 0 Å². The summed E-state index contributed by atoms with van der Waals surface area (Å²) in [6, 6.07) is 19.0. The van der Waals surface area contributed by atoms with E-state index >= 15 is 0 Å². The van der Waals surface area contributed by atoms with Crippen LogP contribution in [0.5, 0.6) is 5.75 Å². The monoisotopic (exact) mass is 250 g/mol. The Hall–Kier alpha value is -2.02. The van der Waals surface area contributed by atoms with Crippen molar-refractivity contribution < 1.29 is 4.74 Å². The summed E-state index contributed by atoms with van der Waals surface area (Å²) in [5.74, 6) is 1.02. The number of hydrogen-bond donors (Lipinski definition) is 0. The summed E-state index contributed by atoms with van der Waals surface area (Å²) >= 11 is 0. The van der Waals surface area contributed by atoms with Crippen molar-refractivity contribution in [1.29, 1.82) is 0 Å². The van der Waals surface area contributed by atoms with Crippen LogP contribution in [0.4, 0.5) is 0 Å². The molecule has 1 heterocycles. The second-order valence-electron chi connectivity index (χ2n) is 5.02. The van der Waals surface area contributed by atoms with Gasteiger partial charge in [-0.2, -0.15) is 0 Å². The minimum Gasteiger partial charge on any atom is -0.493 e. The van der Waals surface area contributed by atoms with E-state index in [0.717, 1.165) is 25.2 Å². The van der Waals surface area contributed by atoms with Gasteiger partial charge in [-0.25, -0.2) is 0 Å². The Balaban J connectivity index is 1.95. The Bertz CT molecular complexity index is 596. The van der Waals surface area contributed by atoms with Crippen LogP contribution in [0.25, 0.3) is 5.57 Å². The first kappa shape index (κ1) is 12.0. The maximum atomic E-state index is 5.72. The molecule has 96 valence electrons. The van der Waals surface area contributed by atoms with Gasteiger partial charge in [0.25, 0.3) is 0 Å². The van der Waals surface area contributed by atoms with Crippen LogP contribution >= 0.6 is 0 Å². The lowest BCUT2D eigenvalue weighted by Gasteiger charge is -2.22. The normalized spacial score (nSPS) is 16.5. The van der Waals surface area contributed by atoms with Crippen molar-refractivity contribution in [2.75, 3.05) is 6.61 Å². The van der Waals surface area contributed by atoms with Crippen LogP contribution in [-0.2, 0) is 6.42 Å². The fourth-order valence-electron chi connectivity index (χ4n) is 2.69. The summed E-state index contributed by atoms with van der Waals surface area (Å²) in [6.45, 7) is 3.03. The van der Waals surface area contributed by atoms with Crippen LogP contribution < -0.4 is 4.74 Å². The van der Waals surface area contributed by atoms with Crippen molar-refractivity contribution in [3.63, 3.8) is 0 Å². The van der Waals surface area contributed by atoms with E-state index < -0.39 is 0 Å². The summed E-state index contributed by atoms with van der Waals surface area (Å²) in [5.41, 5.74) is 5.53. The quantitative estimate of drug-likeness (QED) is 0.763. The van der Waals surface area contributed by atoms with Crippen LogP contribution in [0.2, 0.25) is 0 Å². The number of fused-ring (bicyclic) bond motifs is 1. The summed E-state index contributed by atoms with van der Waals surface area (Å²) < 4.78 is 5.72. The van der Waals surface area contributed by atoms with Gasteiger partial charge < -0.3 is 4.74 Å². The van der Waals surface area contributed by atoms with E-state index in [1.807, 2.05) is 6.07 Å². The van der Waals surface area contributed by atoms with E-state index in [1.54, 1.807) is 0 Å². The summed E-state index contributed by atoms with van der Waals surface area (Å²) in [7, 11) is 0. The molecule has 0 aliphatic carbocycles. The molecule has 0 bridgehead atoms. The van der Waals surface area contributed by atoms with Crippen LogP contribution in [0.1, 0.15) is 24.5 Å². The minimum atomic E-state index is 0.790. The zero-order chi connectivity index (χ0) is 13.1. The third kappa shape index (κ3) is 2.55. The molecule has 0 amide bonds. The zero-order valence-corrected chi connectivity index (χ0v) is 11.2. The number of para-hydroxylation sites is 1. The maximum Gasteiger partial charge on any atom is 0.126 e. The lowest BCUT2D eigenvalue weighted by Crippen LogP contribution is -2.09. The molecule has 3 rings (SSSR count). The van der Waals surface area contributed by atoms with Gasteiger partial charge in [0.05, 0.1) is 6.61 Å². The molecule has 0 fully saturated rings. The molecule has 0 saturated heterocycles. The average Bonchev–Trinajstić information content (AvgIpc) is 2.47. The average molecular weight is 250 g/mol. The van der Waals surface area contributed by atoms with E-state index in [0.29, 0.717) is 0 Å². The lowest BCUT2D eigenvalue weighted by atomic mass is 9.92. The molecule has 0 spiro atoms. The number of benzene rings is 2. The molecular weight excluding hydrogens is 232 g/mol. The highest BCUT2D eigenvalue weighted by molar-refractivity contribution is 5.74. The van der Waals surface area contributed by atoms with Gasteiger partial charge in [0, 0.05) is 12.0 Å². The molecule has 1 aliphatic heterocycles. The fourth-order valence-corrected chi connectivity index (χ4v) is 2.69. The van der Waals surface area contributed by atoms with Crippen LogP contribution in [0.15, 0.2) is 60.2 Å². The molecule has 0 radical (unpaired) electrons. The molecule has 1 aliphatic rings. The van der Waals surface area contributed by atoms with Crippen LogP contribution in [-0.4, -0.2) is 6.61 Å². The summed E-state index contributed by atoms with van der Waals surface area (Å²) in [6.07, 6.45) is 2.03. The van der Waals surface area contributed by atoms with Gasteiger partial charge in [-0.05, 0) is 30.5 Å². The van der Waals surface area contributed by atoms with Crippen molar-refractivity contribution in [3.8, 4) is 5.75 Å². The third-order valence-electron chi connectivity index (χ3n) is 3.65. The Morgan fingerprint density at radius 1 is 1.00 bits per heavy atom. The van der Waals surface area contributed by atoms with Gasteiger partial charge in [-0.15, -0.1) is 0 Å². The SMILES string of the molecule is C/C(Cc1ccccc1)=C1\CCOc2ccccc21. The molecule has 0 N–H and O–H groups in total. The smallest absolute Gasteiger partial charge is 0.126 e.